The Hall–Kier alpha value is -2.19. The lowest BCUT2D eigenvalue weighted by Crippen LogP contribution is -2.15. The molecule has 0 fully saturated rings. The van der Waals surface area contributed by atoms with Gasteiger partial charge in [0, 0.05) is 11.8 Å². The van der Waals surface area contributed by atoms with Crippen molar-refractivity contribution in [3.8, 4) is 5.75 Å². The zero-order valence-electron chi connectivity index (χ0n) is 13.5. The third-order valence-corrected chi connectivity index (χ3v) is 5.30. The molecule has 0 radical (unpaired) electrons. The van der Waals surface area contributed by atoms with Crippen molar-refractivity contribution in [2.45, 2.75) is 16.7 Å². The molecular formula is C16H18N2O4S2. The Balaban J connectivity index is 2.40. The molecule has 0 saturated carbocycles. The van der Waals surface area contributed by atoms with Gasteiger partial charge < -0.3 is 10.1 Å². The Morgan fingerprint density at radius 3 is 2.46 bits per heavy atom. The first-order chi connectivity index (χ1) is 11.4. The molecule has 2 N–H and O–H groups in total. The van der Waals surface area contributed by atoms with Crippen molar-refractivity contribution in [1.82, 2.24) is 0 Å². The predicted octanol–water partition coefficient (Wildman–Crippen LogP) is 3.18. The van der Waals surface area contributed by atoms with E-state index in [1.54, 1.807) is 12.1 Å². The highest BCUT2D eigenvalue weighted by molar-refractivity contribution is 7.99. The minimum Gasteiger partial charge on any atom is -0.495 e. The van der Waals surface area contributed by atoms with E-state index in [1.165, 1.54) is 44.0 Å². The fourth-order valence-electron chi connectivity index (χ4n) is 2.07. The summed E-state index contributed by atoms with van der Waals surface area (Å²) in [5.74, 6) is 0.0669. The molecular weight excluding hydrogens is 348 g/mol. The third-order valence-electron chi connectivity index (χ3n) is 3.14. The number of sulfonamides is 1. The molecule has 0 aliphatic rings. The lowest BCUT2D eigenvalue weighted by Gasteiger charge is -2.14. The number of benzene rings is 2. The number of ether oxygens (including phenoxy) is 1. The molecule has 24 heavy (non-hydrogen) atoms. The second kappa shape index (κ2) is 7.59. The molecule has 0 bridgehead atoms. The molecule has 2 aromatic carbocycles. The van der Waals surface area contributed by atoms with Crippen molar-refractivity contribution in [2.75, 3.05) is 23.4 Å². The van der Waals surface area contributed by atoms with Crippen LogP contribution in [-0.4, -0.2) is 27.7 Å². The van der Waals surface area contributed by atoms with Gasteiger partial charge >= 0.3 is 0 Å². The summed E-state index contributed by atoms with van der Waals surface area (Å²) >= 11 is 1.44. The van der Waals surface area contributed by atoms with E-state index in [-0.39, 0.29) is 10.8 Å². The lowest BCUT2D eigenvalue weighted by molar-refractivity contribution is -0.114. The fraction of sp³-hybridized carbons (Fsp3) is 0.188. The maximum Gasteiger partial charge on any atom is 0.262 e. The number of anilines is 2. The van der Waals surface area contributed by atoms with Gasteiger partial charge in [-0.2, -0.15) is 0 Å². The second-order valence-corrected chi connectivity index (χ2v) is 7.38. The number of para-hydroxylation sites is 1. The highest BCUT2D eigenvalue weighted by atomic mass is 32.2. The highest BCUT2D eigenvalue weighted by Crippen LogP contribution is 2.30. The van der Waals surface area contributed by atoms with Crippen LogP contribution >= 0.6 is 11.8 Å². The quantitative estimate of drug-likeness (QED) is 0.767. The molecule has 2 aromatic rings. The summed E-state index contributed by atoms with van der Waals surface area (Å²) in [4.78, 5) is 12.1. The maximum atomic E-state index is 12.6. The summed E-state index contributed by atoms with van der Waals surface area (Å²) in [5.41, 5.74) is 0.799. The molecule has 1 amide bonds. The SMILES string of the molecule is COc1ccc(S(=O)(=O)Nc2ccccc2SC)cc1NC(C)=O. The minimum atomic E-state index is -3.80. The molecule has 8 heteroatoms. The summed E-state index contributed by atoms with van der Waals surface area (Å²) in [6.07, 6.45) is 1.87. The van der Waals surface area contributed by atoms with Gasteiger partial charge in [0.15, 0.2) is 0 Å². The first-order valence-electron chi connectivity index (χ1n) is 6.99. The molecule has 128 valence electrons. The molecule has 0 aliphatic carbocycles. The average molecular weight is 366 g/mol. The average Bonchev–Trinajstić information content (AvgIpc) is 2.54. The Bertz CT molecular complexity index is 851. The van der Waals surface area contributed by atoms with Crippen LogP contribution in [0.1, 0.15) is 6.92 Å². The molecule has 0 spiro atoms. The van der Waals surface area contributed by atoms with E-state index in [0.29, 0.717) is 17.1 Å². The van der Waals surface area contributed by atoms with E-state index in [0.717, 1.165) is 4.90 Å². The molecule has 0 heterocycles. The van der Waals surface area contributed by atoms with Gasteiger partial charge in [0.05, 0.1) is 23.4 Å². The highest BCUT2D eigenvalue weighted by Gasteiger charge is 2.18. The molecule has 6 nitrogen and oxygen atoms in total. The van der Waals surface area contributed by atoms with E-state index in [4.69, 9.17) is 4.74 Å². The summed E-state index contributed by atoms with van der Waals surface area (Å²) in [6.45, 7) is 1.34. The van der Waals surface area contributed by atoms with Gasteiger partial charge in [-0.3, -0.25) is 9.52 Å². The van der Waals surface area contributed by atoms with Crippen LogP contribution in [0.5, 0.6) is 5.75 Å². The molecule has 0 aromatic heterocycles. The number of amides is 1. The van der Waals surface area contributed by atoms with Crippen LogP contribution in [0.2, 0.25) is 0 Å². The number of hydrogen-bond donors (Lipinski definition) is 2. The van der Waals surface area contributed by atoms with Gasteiger partial charge in [-0.1, -0.05) is 12.1 Å². The standard InChI is InChI=1S/C16H18N2O4S2/c1-11(19)17-14-10-12(8-9-15(14)22-2)24(20,21)18-13-6-4-5-7-16(13)23-3/h4-10,18H,1-3H3,(H,17,19). The van der Waals surface area contributed by atoms with Gasteiger partial charge in [-0.05, 0) is 36.6 Å². The fourth-order valence-corrected chi connectivity index (χ4v) is 3.80. The van der Waals surface area contributed by atoms with Crippen LogP contribution in [-0.2, 0) is 14.8 Å². The van der Waals surface area contributed by atoms with Crippen LogP contribution in [0.25, 0.3) is 0 Å². The van der Waals surface area contributed by atoms with Gasteiger partial charge in [0.2, 0.25) is 5.91 Å². The Kier molecular flexibility index (Phi) is 5.74. The van der Waals surface area contributed by atoms with Gasteiger partial charge in [0.25, 0.3) is 10.0 Å². The van der Waals surface area contributed by atoms with E-state index in [2.05, 4.69) is 10.0 Å². The topological polar surface area (TPSA) is 84.5 Å². The Morgan fingerprint density at radius 1 is 1.12 bits per heavy atom. The number of thioether (sulfide) groups is 1. The zero-order valence-corrected chi connectivity index (χ0v) is 15.1. The predicted molar refractivity (Wildman–Crippen MR) is 96.3 cm³/mol. The number of nitrogens with one attached hydrogen (secondary N) is 2. The molecule has 0 unspecified atom stereocenters. The maximum absolute atomic E-state index is 12.6. The summed E-state index contributed by atoms with van der Waals surface area (Å²) in [6, 6.07) is 11.4. The van der Waals surface area contributed by atoms with Gasteiger partial charge in [-0.25, -0.2) is 8.42 Å². The molecule has 0 atom stereocenters. The van der Waals surface area contributed by atoms with Gasteiger partial charge in [-0.15, -0.1) is 11.8 Å². The number of carbonyl (C=O) groups excluding carboxylic acids is 1. The monoisotopic (exact) mass is 366 g/mol. The lowest BCUT2D eigenvalue weighted by atomic mass is 10.3. The Labute approximate surface area is 145 Å². The van der Waals surface area contributed by atoms with E-state index < -0.39 is 10.0 Å². The molecule has 2 rings (SSSR count). The van der Waals surface area contributed by atoms with Crippen molar-refractivity contribution >= 4 is 39.1 Å². The number of methoxy groups -OCH3 is 1. The largest absolute Gasteiger partial charge is 0.495 e. The minimum absolute atomic E-state index is 0.0305. The second-order valence-electron chi connectivity index (χ2n) is 4.85. The number of rotatable bonds is 6. The van der Waals surface area contributed by atoms with E-state index in [1.807, 2.05) is 18.4 Å². The van der Waals surface area contributed by atoms with E-state index in [9.17, 15) is 13.2 Å². The van der Waals surface area contributed by atoms with Crippen molar-refractivity contribution in [3.05, 3.63) is 42.5 Å². The molecule has 0 aliphatic heterocycles. The van der Waals surface area contributed by atoms with Crippen LogP contribution in [0.3, 0.4) is 0 Å². The zero-order chi connectivity index (χ0) is 17.7. The van der Waals surface area contributed by atoms with E-state index >= 15 is 0 Å². The third kappa shape index (κ3) is 4.21. The van der Waals surface area contributed by atoms with Gasteiger partial charge in [0.1, 0.15) is 5.75 Å². The summed E-state index contributed by atoms with van der Waals surface area (Å²) in [5, 5.41) is 2.56. The van der Waals surface area contributed by atoms with Crippen molar-refractivity contribution < 1.29 is 17.9 Å². The Morgan fingerprint density at radius 2 is 1.83 bits per heavy atom. The summed E-state index contributed by atoms with van der Waals surface area (Å²) in [7, 11) is -2.35. The van der Waals surface area contributed by atoms with Crippen molar-refractivity contribution in [1.29, 1.82) is 0 Å². The van der Waals surface area contributed by atoms with Crippen molar-refractivity contribution in [3.63, 3.8) is 0 Å². The van der Waals surface area contributed by atoms with Crippen LogP contribution < -0.4 is 14.8 Å². The smallest absolute Gasteiger partial charge is 0.262 e. The summed E-state index contributed by atoms with van der Waals surface area (Å²) < 4.78 is 33.0. The first-order valence-corrected chi connectivity index (χ1v) is 9.69. The normalized spacial score (nSPS) is 11.0. The molecule has 0 saturated heterocycles. The van der Waals surface area contributed by atoms with Crippen LogP contribution in [0.15, 0.2) is 52.3 Å². The number of carbonyl (C=O) groups is 1. The van der Waals surface area contributed by atoms with Crippen LogP contribution in [0, 0.1) is 0 Å². The van der Waals surface area contributed by atoms with Crippen LogP contribution in [0.4, 0.5) is 11.4 Å². The first kappa shape index (κ1) is 18.2. The van der Waals surface area contributed by atoms with Crippen molar-refractivity contribution in [2.24, 2.45) is 0 Å². The number of hydrogen-bond acceptors (Lipinski definition) is 5.